The van der Waals surface area contributed by atoms with Crippen LogP contribution in [-0.2, 0) is 14.3 Å². The average molecular weight is 570 g/mol. The summed E-state index contributed by atoms with van der Waals surface area (Å²) in [5.74, 6) is -0.261. The molecule has 1 saturated heterocycles. The van der Waals surface area contributed by atoms with Gasteiger partial charge in [-0.25, -0.2) is 0 Å². The van der Waals surface area contributed by atoms with E-state index in [1.54, 1.807) is 12.1 Å². The van der Waals surface area contributed by atoms with E-state index in [0.717, 1.165) is 49.9 Å². The summed E-state index contributed by atoms with van der Waals surface area (Å²) in [4.78, 5) is 26.4. The van der Waals surface area contributed by atoms with Crippen LogP contribution in [0, 0.1) is 11.8 Å². The van der Waals surface area contributed by atoms with Crippen molar-refractivity contribution >= 4 is 11.9 Å². The first-order chi connectivity index (χ1) is 20.0. The molecule has 2 aliphatic heterocycles. The highest BCUT2D eigenvalue weighted by atomic mass is 16.7. The van der Waals surface area contributed by atoms with Gasteiger partial charge in [-0.15, -0.1) is 0 Å². The van der Waals surface area contributed by atoms with Crippen molar-refractivity contribution in [3.63, 3.8) is 0 Å². The number of phenols is 1. The van der Waals surface area contributed by atoms with Crippen molar-refractivity contribution in [2.45, 2.75) is 44.1 Å². The molecule has 0 aromatic heterocycles. The molecular weight excluding hydrogens is 530 g/mol. The van der Waals surface area contributed by atoms with E-state index >= 15 is 0 Å². The third-order valence-corrected chi connectivity index (χ3v) is 8.18. The second-order valence-electron chi connectivity index (χ2n) is 10.7. The number of phenolic OH excluding ortho intramolecular Hbond substituents is 1. The van der Waals surface area contributed by atoms with Gasteiger partial charge in [0.05, 0.1) is 32.8 Å². The van der Waals surface area contributed by atoms with Crippen molar-refractivity contribution in [2.75, 3.05) is 47.3 Å². The second kappa shape index (κ2) is 12.9. The molecule has 5 rings (SSSR count). The number of carbonyl (C=O) groups excluding carboxylic acids is 2. The Morgan fingerprint density at radius 3 is 2.29 bits per heavy atom. The number of rotatable bonds is 13. The monoisotopic (exact) mass is 569 g/mol. The van der Waals surface area contributed by atoms with Crippen molar-refractivity contribution in [1.82, 2.24) is 10.6 Å². The van der Waals surface area contributed by atoms with E-state index in [4.69, 9.17) is 29.4 Å². The summed E-state index contributed by atoms with van der Waals surface area (Å²) in [6.45, 7) is 2.75. The predicted molar refractivity (Wildman–Crippen MR) is 149 cm³/mol. The zero-order chi connectivity index (χ0) is 28.9. The second-order valence-corrected chi connectivity index (χ2v) is 10.7. The molecule has 0 bridgehead atoms. The van der Waals surface area contributed by atoms with Gasteiger partial charge in [-0.2, -0.15) is 0 Å². The first-order valence-corrected chi connectivity index (χ1v) is 14.2. The maximum atomic E-state index is 13.3. The Balaban J connectivity index is 1.42. The van der Waals surface area contributed by atoms with Gasteiger partial charge in [0.25, 0.3) is 0 Å². The number of nitrogens with two attached hydrogens (primary N) is 1. The molecule has 0 spiro atoms. The van der Waals surface area contributed by atoms with Gasteiger partial charge < -0.3 is 45.2 Å². The Kier molecular flexibility index (Phi) is 9.04. The lowest BCUT2D eigenvalue weighted by molar-refractivity contribution is -0.141. The largest absolute Gasteiger partial charge is 0.502 e. The lowest BCUT2D eigenvalue weighted by Crippen LogP contribution is -2.42. The Bertz CT molecular complexity index is 1240. The van der Waals surface area contributed by atoms with Gasteiger partial charge in [0, 0.05) is 18.3 Å². The minimum absolute atomic E-state index is 0.0775. The molecule has 0 saturated carbocycles. The number of benzene rings is 2. The quantitative estimate of drug-likeness (QED) is 0.209. The highest BCUT2D eigenvalue weighted by Crippen LogP contribution is 2.55. The number of methoxy groups -OCH3 is 2. The van der Waals surface area contributed by atoms with Crippen molar-refractivity contribution in [1.29, 1.82) is 0 Å². The van der Waals surface area contributed by atoms with Gasteiger partial charge in [0.15, 0.2) is 23.0 Å². The number of aromatic hydroxyl groups is 1. The summed E-state index contributed by atoms with van der Waals surface area (Å²) in [6.07, 6.45) is 4.06. The highest BCUT2D eigenvalue weighted by molar-refractivity contribution is 5.81. The van der Waals surface area contributed by atoms with Gasteiger partial charge in [-0.1, -0.05) is 0 Å². The Hall–Kier alpha value is -3.70. The van der Waals surface area contributed by atoms with Crippen LogP contribution in [0.5, 0.6) is 28.7 Å². The lowest BCUT2D eigenvalue weighted by atomic mass is 9.65. The van der Waals surface area contributed by atoms with Crippen molar-refractivity contribution in [3.05, 3.63) is 41.0 Å². The minimum atomic E-state index is -0.579. The predicted octanol–water partition coefficient (Wildman–Crippen LogP) is 2.73. The molecule has 11 nitrogen and oxygen atoms in total. The highest BCUT2D eigenvalue weighted by Gasteiger charge is 2.53. The molecular formula is C30H39N3O8. The van der Waals surface area contributed by atoms with Crippen molar-refractivity contribution in [3.8, 4) is 28.7 Å². The molecule has 41 heavy (non-hydrogen) atoms. The number of unbranched alkanes of at least 4 members (excludes halogenated alkanes) is 2. The van der Waals surface area contributed by atoms with Crippen molar-refractivity contribution in [2.24, 2.45) is 17.6 Å². The normalized spacial score (nSPS) is 22.1. The van der Waals surface area contributed by atoms with E-state index in [0.29, 0.717) is 30.0 Å². The molecule has 0 radical (unpaired) electrons. The molecule has 11 heteroatoms. The fourth-order valence-electron chi connectivity index (χ4n) is 6.14. The topological polar surface area (TPSA) is 151 Å². The number of fused-ring (bicyclic) bond motifs is 3. The molecule has 1 fully saturated rings. The third kappa shape index (κ3) is 5.87. The molecule has 1 aliphatic carbocycles. The zero-order valence-corrected chi connectivity index (χ0v) is 23.6. The van der Waals surface area contributed by atoms with E-state index in [-0.39, 0.29) is 48.4 Å². The standard InChI is InChI=1S/C30H39N3O8/c1-37-23-11-17(12-24(38-2)29(23)35)26-18-13-21-22(41-16-40-21)14-19(18)28(20-15-39-30(36)27(20)26)33-25(34)7-3-5-9-32-10-6-4-8-31/h11-14,20,26-28,32,35H,3-10,15-16,31H2,1-2H3,(H,33,34). The molecule has 1 amide bonds. The summed E-state index contributed by atoms with van der Waals surface area (Å²) in [5.41, 5.74) is 7.91. The van der Waals surface area contributed by atoms with Gasteiger partial charge in [0.2, 0.25) is 18.4 Å². The number of cyclic esters (lactones) is 1. The van der Waals surface area contributed by atoms with Crippen LogP contribution in [0.25, 0.3) is 0 Å². The van der Waals surface area contributed by atoms with Crippen LogP contribution in [0.2, 0.25) is 0 Å². The zero-order valence-electron chi connectivity index (χ0n) is 23.6. The summed E-state index contributed by atoms with van der Waals surface area (Å²) < 4.78 is 27.8. The summed E-state index contributed by atoms with van der Waals surface area (Å²) >= 11 is 0. The fraction of sp³-hybridized carbons (Fsp3) is 0.533. The molecule has 5 N–H and O–H groups in total. The summed E-state index contributed by atoms with van der Waals surface area (Å²) in [7, 11) is 2.92. The van der Waals surface area contributed by atoms with Gasteiger partial charge in [-0.3, -0.25) is 9.59 Å². The van der Waals surface area contributed by atoms with Crippen LogP contribution in [0.15, 0.2) is 24.3 Å². The van der Waals surface area contributed by atoms with E-state index < -0.39 is 17.9 Å². The van der Waals surface area contributed by atoms with Crippen LogP contribution in [0.1, 0.15) is 60.8 Å². The van der Waals surface area contributed by atoms with Gasteiger partial charge in [-0.05, 0) is 86.3 Å². The molecule has 222 valence electrons. The molecule has 2 aromatic carbocycles. The SMILES string of the molecule is COc1cc(C2c3cc4c(cc3C(NC(=O)CCCCNCCCCN)C3COC(=O)C23)OCO4)cc(OC)c1O. The summed E-state index contributed by atoms with van der Waals surface area (Å²) in [6, 6.07) is 6.75. The Labute approximate surface area is 239 Å². The molecule has 4 unspecified atom stereocenters. The molecule has 2 aromatic rings. The fourth-order valence-corrected chi connectivity index (χ4v) is 6.14. The maximum Gasteiger partial charge on any atom is 0.310 e. The molecule has 3 aliphatic rings. The lowest BCUT2D eigenvalue weighted by Gasteiger charge is -2.39. The smallest absolute Gasteiger partial charge is 0.310 e. The Morgan fingerprint density at radius 1 is 0.976 bits per heavy atom. The van der Waals surface area contributed by atoms with Crippen LogP contribution in [0.4, 0.5) is 0 Å². The first-order valence-electron chi connectivity index (χ1n) is 14.2. The van der Waals surface area contributed by atoms with Crippen LogP contribution in [-0.4, -0.2) is 64.2 Å². The maximum absolute atomic E-state index is 13.3. The number of hydrogen-bond acceptors (Lipinski definition) is 10. The number of ether oxygens (including phenoxy) is 5. The molecule has 2 heterocycles. The average Bonchev–Trinajstić information content (AvgIpc) is 3.60. The van der Waals surface area contributed by atoms with E-state index in [9.17, 15) is 14.7 Å². The van der Waals surface area contributed by atoms with Crippen molar-refractivity contribution < 1.29 is 38.4 Å². The van der Waals surface area contributed by atoms with Crippen LogP contribution in [0.3, 0.4) is 0 Å². The first kappa shape index (κ1) is 28.8. The van der Waals surface area contributed by atoms with E-state index in [2.05, 4.69) is 10.6 Å². The van der Waals surface area contributed by atoms with E-state index in [1.807, 2.05) is 12.1 Å². The van der Waals surface area contributed by atoms with Crippen LogP contribution >= 0.6 is 0 Å². The number of nitrogens with one attached hydrogen (secondary N) is 2. The van der Waals surface area contributed by atoms with Gasteiger partial charge >= 0.3 is 5.97 Å². The molecule has 4 atom stereocenters. The number of esters is 1. The van der Waals surface area contributed by atoms with Crippen LogP contribution < -0.4 is 35.3 Å². The van der Waals surface area contributed by atoms with Gasteiger partial charge in [0.1, 0.15) is 0 Å². The number of hydrogen-bond donors (Lipinski definition) is 4. The number of amides is 1. The Morgan fingerprint density at radius 2 is 1.63 bits per heavy atom. The minimum Gasteiger partial charge on any atom is -0.502 e. The summed E-state index contributed by atoms with van der Waals surface area (Å²) in [5, 5.41) is 17.1. The third-order valence-electron chi connectivity index (χ3n) is 8.18. The number of carbonyl (C=O) groups is 2. The van der Waals surface area contributed by atoms with E-state index in [1.165, 1.54) is 14.2 Å².